The molecule has 9 heteroatoms. The molecule has 0 aromatic heterocycles. The van der Waals surface area contributed by atoms with Gasteiger partial charge in [0.25, 0.3) is 0 Å². The molecule has 1 aliphatic carbocycles. The number of amides is 1. The van der Waals surface area contributed by atoms with Crippen molar-refractivity contribution in [2.24, 2.45) is 17.8 Å². The van der Waals surface area contributed by atoms with Crippen LogP contribution in [0.4, 0.5) is 19.3 Å². The molecule has 6 rings (SSSR count). The summed E-state index contributed by atoms with van der Waals surface area (Å²) in [5.74, 6) is 0.506. The molecule has 3 saturated heterocycles. The van der Waals surface area contributed by atoms with Crippen LogP contribution < -0.4 is 10.2 Å². The van der Waals surface area contributed by atoms with Crippen LogP contribution in [0.15, 0.2) is 42.5 Å². The van der Waals surface area contributed by atoms with E-state index in [2.05, 4.69) is 26.1 Å². The minimum atomic E-state index is -0.390. The molecule has 1 N–H and O–H groups in total. The highest BCUT2D eigenvalue weighted by Gasteiger charge is 2.53. The molecular formula is C34H43F2N5O2. The number of rotatable bonds is 9. The maximum absolute atomic E-state index is 14.9. The number of nitrogens with zero attached hydrogens (tertiary/aromatic N) is 4. The Balaban J connectivity index is 1.17. The smallest absolute Gasteiger partial charge is 0.407 e. The zero-order chi connectivity index (χ0) is 30.0. The Morgan fingerprint density at radius 3 is 2.47 bits per heavy atom. The lowest BCUT2D eigenvalue weighted by atomic mass is 9.57. The molecule has 230 valence electrons. The number of alkyl carbamates (subject to hydrolysis) is 1. The molecule has 7 nitrogen and oxygen atoms in total. The van der Waals surface area contributed by atoms with Crippen molar-refractivity contribution in [1.29, 1.82) is 5.26 Å². The van der Waals surface area contributed by atoms with Gasteiger partial charge < -0.3 is 24.8 Å². The van der Waals surface area contributed by atoms with E-state index in [1.807, 2.05) is 12.1 Å². The van der Waals surface area contributed by atoms with E-state index in [1.165, 1.54) is 25.7 Å². The van der Waals surface area contributed by atoms with Crippen molar-refractivity contribution in [2.75, 3.05) is 64.4 Å². The fourth-order valence-electron chi connectivity index (χ4n) is 8.45. The molecule has 43 heavy (non-hydrogen) atoms. The molecule has 1 unspecified atom stereocenters. The van der Waals surface area contributed by atoms with Gasteiger partial charge >= 0.3 is 6.09 Å². The molecule has 3 aliphatic heterocycles. The minimum Gasteiger partial charge on any atom is -0.453 e. The molecule has 1 saturated carbocycles. The normalized spacial score (nSPS) is 24.9. The van der Waals surface area contributed by atoms with Gasteiger partial charge in [-0.1, -0.05) is 18.6 Å². The highest BCUT2D eigenvalue weighted by atomic mass is 19.1. The van der Waals surface area contributed by atoms with E-state index in [9.17, 15) is 13.6 Å². The maximum Gasteiger partial charge on any atom is 0.407 e. The summed E-state index contributed by atoms with van der Waals surface area (Å²) in [6.45, 7) is 7.58. The van der Waals surface area contributed by atoms with E-state index < -0.39 is 0 Å². The van der Waals surface area contributed by atoms with E-state index in [0.717, 1.165) is 90.0 Å². The fourth-order valence-corrected chi connectivity index (χ4v) is 8.45. The lowest BCUT2D eigenvalue weighted by molar-refractivity contribution is 0.0223. The summed E-state index contributed by atoms with van der Waals surface area (Å²) < 4.78 is 34.4. The second-order valence-electron chi connectivity index (χ2n) is 13.1. The number of ether oxygens (including phenoxy) is 1. The second-order valence-corrected chi connectivity index (χ2v) is 13.1. The van der Waals surface area contributed by atoms with Crippen molar-refractivity contribution in [3.8, 4) is 6.07 Å². The second kappa shape index (κ2) is 12.8. The van der Waals surface area contributed by atoms with Crippen molar-refractivity contribution in [3.05, 3.63) is 65.2 Å². The van der Waals surface area contributed by atoms with E-state index in [4.69, 9.17) is 10.00 Å². The van der Waals surface area contributed by atoms with E-state index in [0.29, 0.717) is 23.1 Å². The number of nitrogens with one attached hydrogen (secondary N) is 1. The third-order valence-electron chi connectivity index (χ3n) is 10.7. The topological polar surface area (TPSA) is 71.8 Å². The summed E-state index contributed by atoms with van der Waals surface area (Å²) in [6, 6.07) is 14.0. The summed E-state index contributed by atoms with van der Waals surface area (Å²) >= 11 is 0. The summed E-state index contributed by atoms with van der Waals surface area (Å²) in [4.78, 5) is 19.5. The Hall–Kier alpha value is -3.22. The van der Waals surface area contributed by atoms with Crippen molar-refractivity contribution in [2.45, 2.75) is 50.0 Å². The number of methoxy groups -OCH3 is 1. The van der Waals surface area contributed by atoms with E-state index in [1.54, 1.807) is 18.2 Å². The molecule has 0 bridgehead atoms. The summed E-state index contributed by atoms with van der Waals surface area (Å²) in [5, 5.41) is 12.2. The number of piperidine rings is 1. The van der Waals surface area contributed by atoms with Gasteiger partial charge in [0.2, 0.25) is 0 Å². The number of likely N-dealkylation sites (tertiary alicyclic amines) is 2. The highest BCUT2D eigenvalue weighted by molar-refractivity contribution is 5.67. The molecule has 2 aromatic carbocycles. The lowest BCUT2D eigenvalue weighted by Crippen LogP contribution is -2.60. The number of carbonyl (C=O) groups is 1. The Morgan fingerprint density at radius 1 is 1.02 bits per heavy atom. The number of hydrogen-bond acceptors (Lipinski definition) is 6. The van der Waals surface area contributed by atoms with Gasteiger partial charge in [0.1, 0.15) is 11.6 Å². The Bertz CT molecular complexity index is 1330. The highest BCUT2D eigenvalue weighted by Crippen LogP contribution is 2.51. The number of halogens is 2. The van der Waals surface area contributed by atoms with E-state index >= 15 is 0 Å². The van der Waals surface area contributed by atoms with Crippen molar-refractivity contribution >= 4 is 11.8 Å². The third-order valence-corrected chi connectivity index (χ3v) is 10.7. The largest absolute Gasteiger partial charge is 0.453 e. The Kier molecular flexibility index (Phi) is 8.88. The minimum absolute atomic E-state index is 0.00129. The van der Waals surface area contributed by atoms with Crippen LogP contribution in [0.5, 0.6) is 0 Å². The molecule has 4 aliphatic rings. The quantitative estimate of drug-likeness (QED) is 0.435. The maximum atomic E-state index is 14.9. The number of carbonyl (C=O) groups excluding carboxylic acids is 1. The van der Waals surface area contributed by atoms with Crippen molar-refractivity contribution in [1.82, 2.24) is 15.1 Å². The monoisotopic (exact) mass is 591 g/mol. The van der Waals surface area contributed by atoms with Gasteiger partial charge in [0.05, 0.1) is 24.4 Å². The summed E-state index contributed by atoms with van der Waals surface area (Å²) in [7, 11) is 1.41. The number of anilines is 1. The summed E-state index contributed by atoms with van der Waals surface area (Å²) in [6.07, 6.45) is 5.79. The first-order valence-corrected chi connectivity index (χ1v) is 15.9. The Labute approximate surface area is 253 Å². The van der Waals surface area contributed by atoms with Crippen LogP contribution in [-0.4, -0.2) is 81.4 Å². The summed E-state index contributed by atoms with van der Waals surface area (Å²) in [5.41, 5.74) is 1.72. The van der Waals surface area contributed by atoms with Crippen LogP contribution in [0.25, 0.3) is 0 Å². The van der Waals surface area contributed by atoms with Crippen LogP contribution in [0.1, 0.15) is 49.7 Å². The number of hydrogen-bond donors (Lipinski definition) is 1. The van der Waals surface area contributed by atoms with Crippen LogP contribution in [0.3, 0.4) is 0 Å². The van der Waals surface area contributed by atoms with Gasteiger partial charge in [-0.15, -0.1) is 0 Å². The SMILES string of the molecule is COC(=O)N[C@H]1CCC[C@@H]1C(CN1CCC1)(c1cccc(F)c1)C1CCN(CC2CN(c3ccc(C#N)cc3F)C2)CC1. The molecule has 0 radical (unpaired) electrons. The molecule has 4 fully saturated rings. The molecule has 3 heterocycles. The van der Waals surface area contributed by atoms with Gasteiger partial charge in [0, 0.05) is 43.6 Å². The fraction of sp³-hybridized carbons (Fsp3) is 0.588. The molecule has 3 atom stereocenters. The van der Waals surface area contributed by atoms with Crippen LogP contribution >= 0.6 is 0 Å². The van der Waals surface area contributed by atoms with Gasteiger partial charge in [-0.2, -0.15) is 5.26 Å². The lowest BCUT2D eigenvalue weighted by Gasteiger charge is -2.54. The average Bonchev–Trinajstić information content (AvgIpc) is 3.43. The zero-order valence-electron chi connectivity index (χ0n) is 25.1. The molecular weight excluding hydrogens is 548 g/mol. The molecule has 1 amide bonds. The first-order chi connectivity index (χ1) is 20.9. The van der Waals surface area contributed by atoms with E-state index in [-0.39, 0.29) is 35.1 Å². The predicted octanol–water partition coefficient (Wildman–Crippen LogP) is 5.15. The third kappa shape index (κ3) is 6.09. The van der Waals surface area contributed by atoms with Crippen LogP contribution in [0.2, 0.25) is 0 Å². The van der Waals surface area contributed by atoms with Gasteiger partial charge in [-0.25, -0.2) is 13.6 Å². The predicted molar refractivity (Wildman–Crippen MR) is 162 cm³/mol. The molecule has 0 spiro atoms. The van der Waals surface area contributed by atoms with Gasteiger partial charge in [-0.05, 0) is 106 Å². The number of nitriles is 1. The Morgan fingerprint density at radius 2 is 1.81 bits per heavy atom. The van der Waals surface area contributed by atoms with Crippen LogP contribution in [0, 0.1) is 40.7 Å². The average molecular weight is 592 g/mol. The van der Waals surface area contributed by atoms with Crippen molar-refractivity contribution < 1.29 is 18.3 Å². The standard InChI is InChI=1S/C34H43F2N5O2/c1-43-33(42)38-31-8-3-7-29(31)34(23-40-13-4-14-40,27-5-2-6-28(35)18-27)26-11-15-39(16-12-26)20-25-21-41(22-25)32-10-9-24(19-37)17-30(32)36/h2,5-6,9-10,17-18,25-26,29,31H,3-4,7-8,11-16,20-23H2,1H3,(H,38,42)/t29-,31-,34?/m0/s1. The number of benzene rings is 2. The van der Waals surface area contributed by atoms with Gasteiger partial charge in [0.15, 0.2) is 0 Å². The zero-order valence-corrected chi connectivity index (χ0v) is 25.1. The first-order valence-electron chi connectivity index (χ1n) is 15.9. The molecule has 2 aromatic rings. The first kappa shape index (κ1) is 29.8. The van der Waals surface area contributed by atoms with Gasteiger partial charge in [-0.3, -0.25) is 0 Å². The van der Waals surface area contributed by atoms with Crippen molar-refractivity contribution in [3.63, 3.8) is 0 Å². The van der Waals surface area contributed by atoms with Crippen LogP contribution in [-0.2, 0) is 10.2 Å².